The van der Waals surface area contributed by atoms with Gasteiger partial charge in [-0.2, -0.15) is 5.26 Å². The smallest absolute Gasteiger partial charge is 0.338 e. The number of carbonyl (C=O) groups excluding carboxylic acids is 2. The Morgan fingerprint density at radius 1 is 1.27 bits per heavy atom. The molecular weight excluding hydrogens is 400 g/mol. The van der Waals surface area contributed by atoms with Crippen LogP contribution in [0.2, 0.25) is 0 Å². The van der Waals surface area contributed by atoms with Gasteiger partial charge in [0.05, 0.1) is 11.1 Å². The highest BCUT2D eigenvalue weighted by Gasteiger charge is 2.25. The molecule has 1 aliphatic carbocycles. The number of H-pyrrole nitrogens is 1. The van der Waals surface area contributed by atoms with Gasteiger partial charge in [0.2, 0.25) is 0 Å². The third-order valence-electron chi connectivity index (χ3n) is 5.07. The average Bonchev–Trinajstić information content (AvgIpc) is 3.41. The molecule has 0 saturated heterocycles. The number of anilines is 1. The van der Waals surface area contributed by atoms with E-state index in [4.69, 9.17) is 4.74 Å². The summed E-state index contributed by atoms with van der Waals surface area (Å²) in [6.07, 6.45) is 6.33. The summed E-state index contributed by atoms with van der Waals surface area (Å²) < 4.78 is 5.32. The van der Waals surface area contributed by atoms with Gasteiger partial charge in [0.1, 0.15) is 16.9 Å². The number of ether oxygens (including phenoxy) is 1. The fourth-order valence-corrected chi connectivity index (χ4v) is 4.70. The predicted molar refractivity (Wildman–Crippen MR) is 113 cm³/mol. The van der Waals surface area contributed by atoms with E-state index in [2.05, 4.69) is 21.4 Å². The van der Waals surface area contributed by atoms with Crippen LogP contribution in [0, 0.1) is 11.3 Å². The summed E-state index contributed by atoms with van der Waals surface area (Å²) in [6.45, 7) is 1.52. The zero-order chi connectivity index (χ0) is 21.1. The Labute approximate surface area is 177 Å². The number of nitriles is 1. The lowest BCUT2D eigenvalue weighted by Gasteiger charge is -2.13. The van der Waals surface area contributed by atoms with E-state index in [0.717, 1.165) is 41.7 Å². The number of aromatic nitrogens is 2. The van der Waals surface area contributed by atoms with Crippen LogP contribution in [0.3, 0.4) is 0 Å². The molecule has 2 heterocycles. The van der Waals surface area contributed by atoms with Crippen LogP contribution in [-0.2, 0) is 22.4 Å². The normalized spacial score (nSPS) is 13.7. The molecule has 0 spiro atoms. The lowest BCUT2D eigenvalue weighted by molar-refractivity contribution is -0.123. The van der Waals surface area contributed by atoms with Crippen molar-refractivity contribution in [3.8, 4) is 17.5 Å². The first-order valence-electron chi connectivity index (χ1n) is 9.73. The average molecular weight is 420 g/mol. The number of aromatic amines is 1. The van der Waals surface area contributed by atoms with Crippen molar-refractivity contribution in [2.75, 3.05) is 5.32 Å². The Kier molecular flexibility index (Phi) is 5.63. The van der Waals surface area contributed by atoms with Crippen LogP contribution in [-0.4, -0.2) is 27.9 Å². The van der Waals surface area contributed by atoms with Crippen LogP contribution < -0.4 is 5.32 Å². The minimum Gasteiger partial charge on any atom is -0.449 e. The molecule has 4 rings (SSSR count). The van der Waals surface area contributed by atoms with E-state index in [1.54, 1.807) is 36.7 Å². The van der Waals surface area contributed by atoms with Gasteiger partial charge >= 0.3 is 5.97 Å². The molecule has 0 saturated carbocycles. The standard InChI is InChI=1S/C22H20N4O3S/c1-13(20(27)26-21-17(12-23)16-4-2-3-5-18(16)30-21)29-22(28)15-8-6-14(7-9-15)19-24-10-11-25-19/h6-11,13H,2-5H2,1H3,(H,24,25)(H,26,27). The summed E-state index contributed by atoms with van der Waals surface area (Å²) in [5, 5.41) is 12.8. The lowest BCUT2D eigenvalue weighted by atomic mass is 9.96. The number of nitrogens with zero attached hydrogens (tertiary/aromatic N) is 2. The van der Waals surface area contributed by atoms with Gasteiger partial charge in [0, 0.05) is 22.8 Å². The van der Waals surface area contributed by atoms with Crippen LogP contribution in [0.15, 0.2) is 36.7 Å². The molecule has 30 heavy (non-hydrogen) atoms. The molecule has 2 N–H and O–H groups in total. The van der Waals surface area contributed by atoms with E-state index in [1.807, 2.05) is 0 Å². The Morgan fingerprint density at radius 2 is 2.03 bits per heavy atom. The number of fused-ring (bicyclic) bond motifs is 1. The Bertz CT molecular complexity index is 1110. The number of imidazole rings is 1. The Morgan fingerprint density at radius 3 is 2.73 bits per heavy atom. The van der Waals surface area contributed by atoms with Crippen molar-refractivity contribution >= 4 is 28.2 Å². The van der Waals surface area contributed by atoms with Crippen LogP contribution in [0.4, 0.5) is 5.00 Å². The molecule has 0 radical (unpaired) electrons. The number of hydrogen-bond donors (Lipinski definition) is 2. The van der Waals surface area contributed by atoms with Gasteiger partial charge in [-0.3, -0.25) is 4.79 Å². The lowest BCUT2D eigenvalue weighted by Crippen LogP contribution is -2.30. The van der Waals surface area contributed by atoms with Gasteiger partial charge in [-0.05, 0) is 50.3 Å². The minimum atomic E-state index is -0.993. The second kappa shape index (κ2) is 8.51. The molecule has 0 bridgehead atoms. The second-order valence-corrected chi connectivity index (χ2v) is 8.18. The zero-order valence-electron chi connectivity index (χ0n) is 16.4. The van der Waals surface area contributed by atoms with Gasteiger partial charge < -0.3 is 15.0 Å². The van der Waals surface area contributed by atoms with Gasteiger partial charge in [-0.1, -0.05) is 12.1 Å². The quantitative estimate of drug-likeness (QED) is 0.605. The van der Waals surface area contributed by atoms with Crippen LogP contribution >= 0.6 is 11.3 Å². The summed E-state index contributed by atoms with van der Waals surface area (Å²) in [6, 6.07) is 8.99. The second-order valence-electron chi connectivity index (χ2n) is 7.08. The number of rotatable bonds is 5. The van der Waals surface area contributed by atoms with Crippen molar-refractivity contribution in [3.05, 3.63) is 58.2 Å². The van der Waals surface area contributed by atoms with E-state index >= 15 is 0 Å². The number of thiophene rings is 1. The molecule has 1 unspecified atom stereocenters. The molecule has 1 amide bonds. The molecule has 0 aliphatic heterocycles. The first-order chi connectivity index (χ1) is 14.6. The van der Waals surface area contributed by atoms with Crippen molar-refractivity contribution in [2.45, 2.75) is 38.7 Å². The number of hydrogen-bond acceptors (Lipinski definition) is 6. The zero-order valence-corrected chi connectivity index (χ0v) is 17.2. The topological polar surface area (TPSA) is 108 Å². The highest BCUT2D eigenvalue weighted by Crippen LogP contribution is 2.37. The highest BCUT2D eigenvalue weighted by atomic mass is 32.1. The number of carbonyl (C=O) groups is 2. The van der Waals surface area contributed by atoms with E-state index in [1.165, 1.54) is 18.3 Å². The molecule has 1 aromatic carbocycles. The SMILES string of the molecule is CC(OC(=O)c1ccc(-c2ncc[nH]2)cc1)C(=O)Nc1sc2c(c1C#N)CCCC2. The molecule has 0 fully saturated rings. The maximum absolute atomic E-state index is 12.6. The number of amides is 1. The monoisotopic (exact) mass is 420 g/mol. The van der Waals surface area contributed by atoms with Crippen molar-refractivity contribution < 1.29 is 14.3 Å². The van der Waals surface area contributed by atoms with E-state index in [-0.39, 0.29) is 0 Å². The maximum atomic E-state index is 12.6. The Hall–Kier alpha value is -3.44. The number of nitrogens with one attached hydrogen (secondary N) is 2. The number of aryl methyl sites for hydroxylation is 1. The van der Waals surface area contributed by atoms with Crippen LogP contribution in [0.1, 0.15) is 46.1 Å². The molecule has 7 nitrogen and oxygen atoms in total. The number of esters is 1. The van der Waals surface area contributed by atoms with E-state index in [9.17, 15) is 14.9 Å². The summed E-state index contributed by atoms with van der Waals surface area (Å²) in [4.78, 5) is 33.3. The fraction of sp³-hybridized carbons (Fsp3) is 0.273. The van der Waals surface area contributed by atoms with E-state index in [0.29, 0.717) is 22.0 Å². The Balaban J connectivity index is 1.41. The fourth-order valence-electron chi connectivity index (χ4n) is 3.46. The van der Waals surface area contributed by atoms with Crippen molar-refractivity contribution in [1.29, 1.82) is 5.26 Å². The predicted octanol–water partition coefficient (Wildman–Crippen LogP) is 4.07. The summed E-state index contributed by atoms with van der Waals surface area (Å²) >= 11 is 1.44. The third-order valence-corrected chi connectivity index (χ3v) is 6.27. The minimum absolute atomic E-state index is 0.342. The summed E-state index contributed by atoms with van der Waals surface area (Å²) in [5.74, 6) is -0.338. The van der Waals surface area contributed by atoms with Crippen molar-refractivity contribution in [3.63, 3.8) is 0 Å². The molecule has 1 aliphatic rings. The van der Waals surface area contributed by atoms with E-state index < -0.39 is 18.0 Å². The molecule has 1 atom stereocenters. The van der Waals surface area contributed by atoms with Crippen LogP contribution in [0.25, 0.3) is 11.4 Å². The van der Waals surface area contributed by atoms with Gasteiger partial charge in [-0.25, -0.2) is 9.78 Å². The number of benzene rings is 1. The summed E-state index contributed by atoms with van der Waals surface area (Å²) in [5.41, 5.74) is 2.77. The van der Waals surface area contributed by atoms with Gasteiger partial charge in [-0.15, -0.1) is 11.3 Å². The third kappa shape index (κ3) is 3.98. The van der Waals surface area contributed by atoms with Crippen LogP contribution in [0.5, 0.6) is 0 Å². The molecule has 152 valence electrons. The molecule has 3 aromatic rings. The first-order valence-corrected chi connectivity index (χ1v) is 10.5. The highest BCUT2D eigenvalue weighted by molar-refractivity contribution is 7.16. The maximum Gasteiger partial charge on any atom is 0.338 e. The van der Waals surface area contributed by atoms with Gasteiger partial charge in [0.25, 0.3) is 5.91 Å². The van der Waals surface area contributed by atoms with Gasteiger partial charge in [0.15, 0.2) is 6.10 Å². The molecule has 2 aromatic heterocycles. The van der Waals surface area contributed by atoms with Crippen molar-refractivity contribution in [2.24, 2.45) is 0 Å². The van der Waals surface area contributed by atoms with Crippen molar-refractivity contribution in [1.82, 2.24) is 9.97 Å². The summed E-state index contributed by atoms with van der Waals surface area (Å²) in [7, 11) is 0. The molecular formula is C22H20N4O3S. The molecule has 8 heteroatoms. The largest absolute Gasteiger partial charge is 0.449 e. The first kappa shape index (κ1) is 19.9.